The molecule has 0 aromatic rings. The van der Waals surface area contributed by atoms with Gasteiger partial charge < -0.3 is 5.11 Å². The van der Waals surface area contributed by atoms with Crippen LogP contribution in [-0.4, -0.2) is 16.1 Å². The van der Waals surface area contributed by atoms with Crippen molar-refractivity contribution in [1.29, 1.82) is 0 Å². The van der Waals surface area contributed by atoms with Crippen molar-refractivity contribution >= 4 is 11.6 Å². The van der Waals surface area contributed by atoms with Crippen LogP contribution in [0.3, 0.4) is 0 Å². The molecule has 2 heteroatoms. The van der Waals surface area contributed by atoms with Gasteiger partial charge in [0.25, 0.3) is 0 Å². The second-order valence-electron chi connectivity index (χ2n) is 5.72. The van der Waals surface area contributed by atoms with E-state index in [0.717, 1.165) is 18.8 Å². The Morgan fingerprint density at radius 3 is 2.86 bits per heavy atom. The number of halogens is 1. The molecule has 0 heterocycles. The van der Waals surface area contributed by atoms with Crippen LogP contribution in [0.5, 0.6) is 0 Å². The van der Waals surface area contributed by atoms with Gasteiger partial charge in [0.05, 0.1) is 11.0 Å². The Hall–Kier alpha value is 0.250. The van der Waals surface area contributed by atoms with Gasteiger partial charge in [-0.2, -0.15) is 0 Å². The van der Waals surface area contributed by atoms with E-state index < -0.39 is 0 Å². The Kier molecular flexibility index (Phi) is 1.81. The van der Waals surface area contributed by atoms with Gasteiger partial charge in [0.15, 0.2) is 0 Å². The molecule has 0 aromatic carbocycles. The largest absolute Gasteiger partial charge is 0.393 e. The topological polar surface area (TPSA) is 20.2 Å². The molecule has 0 amide bonds. The molecule has 0 aliphatic heterocycles. The summed E-state index contributed by atoms with van der Waals surface area (Å²) in [4.78, 5) is -0.0486. The zero-order valence-corrected chi connectivity index (χ0v) is 9.56. The van der Waals surface area contributed by atoms with Crippen LogP contribution in [0.2, 0.25) is 0 Å². The van der Waals surface area contributed by atoms with Crippen molar-refractivity contribution < 1.29 is 5.11 Å². The lowest BCUT2D eigenvalue weighted by Crippen LogP contribution is -2.39. The van der Waals surface area contributed by atoms with Crippen molar-refractivity contribution in [3.05, 3.63) is 0 Å². The number of alkyl halides is 1. The number of aliphatic hydroxyl groups is 1. The van der Waals surface area contributed by atoms with E-state index in [1.807, 2.05) is 0 Å². The van der Waals surface area contributed by atoms with Crippen molar-refractivity contribution in [3.8, 4) is 0 Å². The maximum Gasteiger partial charge on any atom is 0.0591 e. The van der Waals surface area contributed by atoms with Crippen LogP contribution in [0.4, 0.5) is 0 Å². The monoisotopic (exact) mass is 214 g/mol. The van der Waals surface area contributed by atoms with Gasteiger partial charge in [-0.25, -0.2) is 0 Å². The molecule has 80 valence electrons. The first kappa shape index (κ1) is 9.47. The van der Waals surface area contributed by atoms with Gasteiger partial charge in [-0.05, 0) is 49.4 Å². The molecule has 0 saturated heterocycles. The van der Waals surface area contributed by atoms with Crippen LogP contribution in [-0.2, 0) is 0 Å². The highest BCUT2D eigenvalue weighted by atomic mass is 35.5. The highest BCUT2D eigenvalue weighted by molar-refractivity contribution is 6.25. The van der Waals surface area contributed by atoms with E-state index in [0.29, 0.717) is 11.3 Å². The van der Waals surface area contributed by atoms with Gasteiger partial charge in [-0.3, -0.25) is 0 Å². The molecule has 1 N–H and O–H groups in total. The van der Waals surface area contributed by atoms with Crippen molar-refractivity contribution in [2.45, 2.75) is 56.4 Å². The van der Waals surface area contributed by atoms with Crippen molar-refractivity contribution in [1.82, 2.24) is 0 Å². The average Bonchev–Trinajstić information content (AvgIpc) is 2.64. The summed E-state index contributed by atoms with van der Waals surface area (Å²) in [6, 6.07) is 0. The van der Waals surface area contributed by atoms with Crippen molar-refractivity contribution in [2.75, 3.05) is 0 Å². The van der Waals surface area contributed by atoms with Crippen molar-refractivity contribution in [3.63, 3.8) is 0 Å². The van der Waals surface area contributed by atoms with Crippen LogP contribution < -0.4 is 0 Å². The third kappa shape index (κ3) is 0.829. The summed E-state index contributed by atoms with van der Waals surface area (Å²) in [5, 5.41) is 10.1. The molecule has 14 heavy (non-hydrogen) atoms. The lowest BCUT2D eigenvalue weighted by molar-refractivity contribution is 0.0803. The Morgan fingerprint density at radius 2 is 2.07 bits per heavy atom. The number of aliphatic hydroxyl groups excluding tert-OH is 1. The van der Waals surface area contributed by atoms with Crippen molar-refractivity contribution in [2.24, 2.45) is 17.3 Å². The second-order valence-corrected chi connectivity index (χ2v) is 6.44. The predicted octanol–water partition coefficient (Wildman–Crippen LogP) is 2.95. The van der Waals surface area contributed by atoms with Crippen LogP contribution in [0.1, 0.15) is 45.4 Å². The maximum atomic E-state index is 10.1. The molecule has 3 aliphatic rings. The third-order valence-electron chi connectivity index (χ3n) is 5.45. The summed E-state index contributed by atoms with van der Waals surface area (Å²) in [6.45, 7) is 2.35. The lowest BCUT2D eigenvalue weighted by Gasteiger charge is -2.40. The molecule has 1 spiro atoms. The fourth-order valence-corrected chi connectivity index (χ4v) is 5.65. The fourth-order valence-electron chi connectivity index (χ4n) is 4.94. The summed E-state index contributed by atoms with van der Waals surface area (Å²) in [6.07, 6.45) is 6.89. The Bertz CT molecular complexity index is 267. The second kappa shape index (κ2) is 2.68. The van der Waals surface area contributed by atoms with E-state index in [1.165, 1.54) is 25.7 Å². The number of hydrogen-bond acceptors (Lipinski definition) is 1. The smallest absolute Gasteiger partial charge is 0.0591 e. The maximum absolute atomic E-state index is 10.1. The molecule has 0 aromatic heterocycles. The Labute approximate surface area is 90.8 Å². The summed E-state index contributed by atoms with van der Waals surface area (Å²) < 4.78 is 0. The number of hydrogen-bond donors (Lipinski definition) is 1. The first-order valence-electron chi connectivity index (χ1n) is 5.97. The SMILES string of the molecule is C[C@@H]1CC[C@H]2[C@H](O)C[C@]3(Cl)CCC[C@]123. The summed E-state index contributed by atoms with van der Waals surface area (Å²) in [7, 11) is 0. The van der Waals surface area contributed by atoms with Gasteiger partial charge in [0.2, 0.25) is 0 Å². The average molecular weight is 215 g/mol. The van der Waals surface area contributed by atoms with E-state index >= 15 is 0 Å². The standard InChI is InChI=1S/C12H19ClO/c1-8-3-4-9-10(14)7-11(13)5-2-6-12(8,9)11/h8-10,14H,2-7H2,1H3/t8-,9+,10-,11-,12+/m1/s1. The highest BCUT2D eigenvalue weighted by Crippen LogP contribution is 2.71. The van der Waals surface area contributed by atoms with Crippen LogP contribution >= 0.6 is 11.6 Å². The van der Waals surface area contributed by atoms with E-state index in [1.54, 1.807) is 0 Å². The Morgan fingerprint density at radius 1 is 1.29 bits per heavy atom. The quantitative estimate of drug-likeness (QED) is 0.615. The van der Waals surface area contributed by atoms with E-state index in [4.69, 9.17) is 11.6 Å². The molecule has 0 unspecified atom stereocenters. The molecule has 1 nitrogen and oxygen atoms in total. The molecular formula is C12H19ClO. The molecular weight excluding hydrogens is 196 g/mol. The summed E-state index contributed by atoms with van der Waals surface area (Å²) >= 11 is 6.79. The van der Waals surface area contributed by atoms with E-state index in [9.17, 15) is 5.11 Å². The normalized spacial score (nSPS) is 61.5. The van der Waals surface area contributed by atoms with Gasteiger partial charge in [0, 0.05) is 0 Å². The van der Waals surface area contributed by atoms with Gasteiger partial charge >= 0.3 is 0 Å². The highest BCUT2D eigenvalue weighted by Gasteiger charge is 2.68. The molecule has 3 rings (SSSR count). The Balaban J connectivity index is 2.09. The zero-order valence-electron chi connectivity index (χ0n) is 8.80. The van der Waals surface area contributed by atoms with Crippen LogP contribution in [0.25, 0.3) is 0 Å². The molecule has 3 saturated carbocycles. The van der Waals surface area contributed by atoms with Gasteiger partial charge in [0.1, 0.15) is 0 Å². The molecule has 5 atom stereocenters. The van der Waals surface area contributed by atoms with E-state index in [-0.39, 0.29) is 11.0 Å². The van der Waals surface area contributed by atoms with Gasteiger partial charge in [-0.1, -0.05) is 13.3 Å². The minimum Gasteiger partial charge on any atom is -0.393 e. The third-order valence-corrected chi connectivity index (χ3v) is 6.14. The van der Waals surface area contributed by atoms with Gasteiger partial charge in [-0.15, -0.1) is 11.6 Å². The van der Waals surface area contributed by atoms with E-state index in [2.05, 4.69) is 6.92 Å². The lowest BCUT2D eigenvalue weighted by atomic mass is 9.70. The summed E-state index contributed by atoms with van der Waals surface area (Å²) in [5.41, 5.74) is 0.300. The first-order valence-corrected chi connectivity index (χ1v) is 6.35. The molecule has 3 aliphatic carbocycles. The fraction of sp³-hybridized carbons (Fsp3) is 1.00. The minimum absolute atomic E-state index is 0.0486. The first-order chi connectivity index (χ1) is 6.60. The number of rotatable bonds is 0. The predicted molar refractivity (Wildman–Crippen MR) is 57.4 cm³/mol. The van der Waals surface area contributed by atoms with Crippen LogP contribution in [0.15, 0.2) is 0 Å². The summed E-state index contributed by atoms with van der Waals surface area (Å²) in [5.74, 6) is 1.24. The zero-order chi connectivity index (χ0) is 9.97. The minimum atomic E-state index is -0.113. The molecule has 3 fully saturated rings. The molecule has 0 bridgehead atoms. The van der Waals surface area contributed by atoms with Crippen LogP contribution in [0, 0.1) is 17.3 Å². The molecule has 0 radical (unpaired) electrons.